The number of likely N-dealkylation sites (tertiary alicyclic amines) is 1. The zero-order chi connectivity index (χ0) is 20.1. The van der Waals surface area contributed by atoms with Crippen molar-refractivity contribution in [2.45, 2.75) is 25.8 Å². The second kappa shape index (κ2) is 9.05. The van der Waals surface area contributed by atoms with Gasteiger partial charge in [0.1, 0.15) is 5.75 Å². The predicted octanol–water partition coefficient (Wildman–Crippen LogP) is 4.47. The van der Waals surface area contributed by atoms with E-state index >= 15 is 0 Å². The number of nitrogens with zero attached hydrogens (tertiary/aromatic N) is 2. The number of carbonyl (C=O) groups is 1. The van der Waals surface area contributed by atoms with Crippen molar-refractivity contribution in [1.29, 1.82) is 0 Å². The van der Waals surface area contributed by atoms with Crippen LogP contribution in [0.25, 0.3) is 0 Å². The minimum absolute atomic E-state index is 0.0259. The van der Waals surface area contributed by atoms with Crippen molar-refractivity contribution in [2.24, 2.45) is 0 Å². The first-order valence-electron chi connectivity index (χ1n) is 9.20. The zero-order valence-corrected chi connectivity index (χ0v) is 17.1. The number of nitro benzene ring substituents is 1. The molecular weight excluding hydrogens is 426 g/mol. The van der Waals surface area contributed by atoms with Crippen molar-refractivity contribution in [3.05, 3.63) is 62.6 Å². The van der Waals surface area contributed by atoms with Crippen LogP contribution in [0.15, 0.2) is 46.9 Å². The van der Waals surface area contributed by atoms with Crippen LogP contribution in [0.2, 0.25) is 0 Å². The van der Waals surface area contributed by atoms with Gasteiger partial charge >= 0.3 is 0 Å². The van der Waals surface area contributed by atoms with Crippen molar-refractivity contribution in [3.63, 3.8) is 0 Å². The van der Waals surface area contributed by atoms with Crippen LogP contribution in [-0.2, 0) is 0 Å². The SMILES string of the molecule is CCOc1ccc(C(=O)N2CCC(Nc3ccc([N+](=O)[O-])cc3Br)CC2)cc1. The summed E-state index contributed by atoms with van der Waals surface area (Å²) in [4.78, 5) is 25.0. The van der Waals surface area contributed by atoms with Crippen molar-refractivity contribution in [2.75, 3.05) is 25.0 Å². The van der Waals surface area contributed by atoms with Gasteiger partial charge in [-0.3, -0.25) is 14.9 Å². The average molecular weight is 448 g/mol. The molecule has 3 rings (SSSR count). The molecule has 0 aliphatic carbocycles. The number of ether oxygens (including phenoxy) is 1. The molecule has 28 heavy (non-hydrogen) atoms. The molecule has 0 saturated carbocycles. The van der Waals surface area contributed by atoms with Gasteiger partial charge in [0.15, 0.2) is 0 Å². The minimum atomic E-state index is -0.417. The Bertz CT molecular complexity index is 849. The summed E-state index contributed by atoms with van der Waals surface area (Å²) in [6.07, 6.45) is 1.62. The maximum atomic E-state index is 12.7. The first-order valence-corrected chi connectivity index (χ1v) is 10.00. The van der Waals surface area contributed by atoms with E-state index in [0.29, 0.717) is 29.7 Å². The second-order valence-electron chi connectivity index (χ2n) is 6.59. The van der Waals surface area contributed by atoms with Crippen molar-refractivity contribution in [3.8, 4) is 5.75 Å². The number of benzene rings is 2. The molecule has 0 bridgehead atoms. The van der Waals surface area contributed by atoms with Gasteiger partial charge in [-0.15, -0.1) is 0 Å². The molecule has 0 aromatic heterocycles. The van der Waals surface area contributed by atoms with Crippen LogP contribution in [0.3, 0.4) is 0 Å². The quantitative estimate of drug-likeness (QED) is 0.521. The maximum Gasteiger partial charge on any atom is 0.270 e. The summed E-state index contributed by atoms with van der Waals surface area (Å²) in [5.41, 5.74) is 1.53. The molecule has 1 N–H and O–H groups in total. The van der Waals surface area contributed by atoms with Gasteiger partial charge in [0.25, 0.3) is 11.6 Å². The number of non-ortho nitro benzene ring substituents is 1. The van der Waals surface area contributed by atoms with E-state index in [1.54, 1.807) is 18.2 Å². The van der Waals surface area contributed by atoms with Crippen LogP contribution in [-0.4, -0.2) is 41.5 Å². The van der Waals surface area contributed by atoms with Gasteiger partial charge < -0.3 is 15.0 Å². The number of halogens is 1. The number of hydrogen-bond donors (Lipinski definition) is 1. The van der Waals surface area contributed by atoms with Gasteiger partial charge in [-0.25, -0.2) is 0 Å². The van der Waals surface area contributed by atoms with E-state index in [0.717, 1.165) is 24.3 Å². The predicted molar refractivity (Wildman–Crippen MR) is 111 cm³/mol. The van der Waals surface area contributed by atoms with Gasteiger partial charge in [-0.1, -0.05) is 0 Å². The maximum absolute atomic E-state index is 12.7. The van der Waals surface area contributed by atoms with Crippen LogP contribution in [0.5, 0.6) is 5.75 Å². The number of anilines is 1. The summed E-state index contributed by atoms with van der Waals surface area (Å²) in [5, 5.41) is 14.3. The number of nitro groups is 1. The Kier molecular flexibility index (Phi) is 6.51. The Labute approximate surface area is 172 Å². The lowest BCUT2D eigenvalue weighted by atomic mass is 10.0. The largest absolute Gasteiger partial charge is 0.494 e. The third kappa shape index (κ3) is 4.81. The van der Waals surface area contributed by atoms with E-state index < -0.39 is 4.92 Å². The summed E-state index contributed by atoms with van der Waals surface area (Å²) in [5.74, 6) is 0.786. The third-order valence-electron chi connectivity index (χ3n) is 4.72. The summed E-state index contributed by atoms with van der Waals surface area (Å²) < 4.78 is 6.07. The van der Waals surface area contributed by atoms with E-state index in [4.69, 9.17) is 4.74 Å². The van der Waals surface area contributed by atoms with Gasteiger partial charge in [0, 0.05) is 47.0 Å². The molecule has 2 aromatic rings. The van der Waals surface area contributed by atoms with E-state index in [-0.39, 0.29) is 17.6 Å². The fourth-order valence-electron chi connectivity index (χ4n) is 3.22. The van der Waals surface area contributed by atoms with Crippen molar-refractivity contribution >= 4 is 33.2 Å². The molecular formula is C20H22BrN3O4. The molecule has 8 heteroatoms. The van der Waals surface area contributed by atoms with Gasteiger partial charge in [-0.05, 0) is 66.0 Å². The van der Waals surface area contributed by atoms with Crippen LogP contribution in [0.1, 0.15) is 30.1 Å². The average Bonchev–Trinajstić information content (AvgIpc) is 2.70. The summed E-state index contributed by atoms with van der Waals surface area (Å²) in [6.45, 7) is 3.84. The summed E-state index contributed by atoms with van der Waals surface area (Å²) >= 11 is 3.38. The van der Waals surface area contributed by atoms with Crippen LogP contribution in [0.4, 0.5) is 11.4 Å². The number of hydrogen-bond acceptors (Lipinski definition) is 5. The van der Waals surface area contributed by atoms with Crippen LogP contribution in [0, 0.1) is 10.1 Å². The highest BCUT2D eigenvalue weighted by Gasteiger charge is 2.24. The number of piperidine rings is 1. The summed E-state index contributed by atoms with van der Waals surface area (Å²) in [7, 11) is 0. The van der Waals surface area contributed by atoms with Crippen molar-refractivity contribution < 1.29 is 14.5 Å². The van der Waals surface area contributed by atoms with E-state index in [9.17, 15) is 14.9 Å². The molecule has 1 aliphatic heterocycles. The Morgan fingerprint density at radius 3 is 2.50 bits per heavy atom. The summed E-state index contributed by atoms with van der Waals surface area (Å²) in [6, 6.07) is 12.1. The standard InChI is InChI=1S/C20H22BrN3O4/c1-2-28-17-6-3-14(4-7-17)20(25)23-11-9-15(10-12-23)22-19-8-5-16(24(26)27)13-18(19)21/h3-8,13,15,22H,2,9-12H2,1H3. The first-order chi connectivity index (χ1) is 13.5. The molecule has 1 heterocycles. The molecule has 0 atom stereocenters. The first kappa shape index (κ1) is 20.1. The van der Waals surface area contributed by atoms with E-state index in [1.807, 2.05) is 24.0 Å². The highest BCUT2D eigenvalue weighted by Crippen LogP contribution is 2.29. The molecule has 148 valence electrons. The topological polar surface area (TPSA) is 84.7 Å². The second-order valence-corrected chi connectivity index (χ2v) is 7.44. The van der Waals surface area contributed by atoms with E-state index in [1.165, 1.54) is 12.1 Å². The van der Waals surface area contributed by atoms with Gasteiger partial charge in [0.2, 0.25) is 0 Å². The number of amides is 1. The van der Waals surface area contributed by atoms with Crippen LogP contribution < -0.4 is 10.1 Å². The fourth-order valence-corrected chi connectivity index (χ4v) is 3.71. The minimum Gasteiger partial charge on any atom is -0.494 e. The molecule has 2 aromatic carbocycles. The Hall–Kier alpha value is -2.61. The Balaban J connectivity index is 1.55. The molecule has 0 unspecified atom stereocenters. The number of nitrogens with one attached hydrogen (secondary N) is 1. The fraction of sp³-hybridized carbons (Fsp3) is 0.350. The molecule has 1 saturated heterocycles. The molecule has 1 aliphatic rings. The van der Waals surface area contributed by atoms with Gasteiger partial charge in [-0.2, -0.15) is 0 Å². The Morgan fingerprint density at radius 2 is 1.93 bits per heavy atom. The smallest absolute Gasteiger partial charge is 0.270 e. The zero-order valence-electron chi connectivity index (χ0n) is 15.6. The normalized spacial score (nSPS) is 14.6. The number of rotatable bonds is 6. The lowest BCUT2D eigenvalue weighted by molar-refractivity contribution is -0.384. The molecule has 0 spiro atoms. The highest BCUT2D eigenvalue weighted by atomic mass is 79.9. The third-order valence-corrected chi connectivity index (χ3v) is 5.37. The molecule has 7 nitrogen and oxygen atoms in total. The lowest BCUT2D eigenvalue weighted by Gasteiger charge is -2.33. The molecule has 1 fully saturated rings. The molecule has 1 amide bonds. The van der Waals surface area contributed by atoms with Crippen molar-refractivity contribution in [1.82, 2.24) is 4.90 Å². The Morgan fingerprint density at radius 1 is 1.25 bits per heavy atom. The van der Waals surface area contributed by atoms with Gasteiger partial charge in [0.05, 0.1) is 11.5 Å². The highest BCUT2D eigenvalue weighted by molar-refractivity contribution is 9.10. The van der Waals surface area contributed by atoms with E-state index in [2.05, 4.69) is 21.2 Å². The lowest BCUT2D eigenvalue weighted by Crippen LogP contribution is -2.42. The van der Waals surface area contributed by atoms with Crippen LogP contribution >= 0.6 is 15.9 Å². The molecule has 0 radical (unpaired) electrons. The monoisotopic (exact) mass is 447 g/mol. The number of carbonyl (C=O) groups excluding carboxylic acids is 1.